The molecule has 0 aliphatic rings. The Labute approximate surface area is 184 Å². The molecular weight excluding hydrogens is 441 g/mol. The van der Waals surface area contributed by atoms with Crippen LogP contribution in [0.2, 0.25) is 5.02 Å². The zero-order valence-electron chi connectivity index (χ0n) is 16.4. The van der Waals surface area contributed by atoms with Gasteiger partial charge in [-0.25, -0.2) is 12.8 Å². The van der Waals surface area contributed by atoms with Crippen LogP contribution in [0.1, 0.15) is 11.1 Å². The minimum absolute atomic E-state index is 0.0352. The summed E-state index contributed by atoms with van der Waals surface area (Å²) < 4.78 is 49.8. The van der Waals surface area contributed by atoms with Gasteiger partial charge in [0.15, 0.2) is 0 Å². The first-order valence-corrected chi connectivity index (χ1v) is 10.9. The molecule has 0 bridgehead atoms. The van der Waals surface area contributed by atoms with Crippen molar-refractivity contribution in [2.45, 2.75) is 11.5 Å². The van der Waals surface area contributed by atoms with Crippen molar-refractivity contribution < 1.29 is 22.3 Å². The van der Waals surface area contributed by atoms with Gasteiger partial charge in [-0.15, -0.1) is 0 Å². The monoisotopic (exact) mass is 457 g/mol. The van der Waals surface area contributed by atoms with Gasteiger partial charge in [0.2, 0.25) is 9.84 Å². The standard InChI is InChI=1S/C23H17ClFNO4S/c1-29-23-10-7-16(11-17(23)15-30-18-8-9-22(25)21(24)13-18)12-20(14-26)31(27,28)19-5-3-2-4-6-19/h2-13H,15H2,1H3/b20-12-. The largest absolute Gasteiger partial charge is 0.496 e. The van der Waals surface area contributed by atoms with Gasteiger partial charge in [-0.2, -0.15) is 5.26 Å². The Balaban J connectivity index is 1.91. The summed E-state index contributed by atoms with van der Waals surface area (Å²) in [6, 6.07) is 18.4. The average Bonchev–Trinajstić information content (AvgIpc) is 2.78. The Morgan fingerprint density at radius 1 is 1.13 bits per heavy atom. The highest BCUT2D eigenvalue weighted by molar-refractivity contribution is 7.95. The predicted octanol–water partition coefficient (Wildman–Crippen LogP) is 5.41. The molecule has 0 saturated carbocycles. The summed E-state index contributed by atoms with van der Waals surface area (Å²) in [7, 11) is -2.46. The summed E-state index contributed by atoms with van der Waals surface area (Å²) in [6.07, 6.45) is 1.29. The van der Waals surface area contributed by atoms with Crippen LogP contribution in [-0.4, -0.2) is 15.5 Å². The number of benzene rings is 3. The SMILES string of the molecule is COc1ccc(/C=C(/C#N)S(=O)(=O)c2ccccc2)cc1COc1ccc(F)c(Cl)c1. The summed E-state index contributed by atoms with van der Waals surface area (Å²) in [5.41, 5.74) is 1.08. The zero-order valence-corrected chi connectivity index (χ0v) is 18.0. The Kier molecular flexibility index (Phi) is 6.95. The number of ether oxygens (including phenoxy) is 2. The lowest BCUT2D eigenvalue weighted by molar-refractivity contribution is 0.296. The lowest BCUT2D eigenvalue weighted by Crippen LogP contribution is -2.03. The van der Waals surface area contributed by atoms with E-state index in [1.54, 1.807) is 42.5 Å². The Morgan fingerprint density at radius 2 is 1.87 bits per heavy atom. The molecule has 3 aromatic carbocycles. The molecule has 31 heavy (non-hydrogen) atoms. The molecule has 5 nitrogen and oxygen atoms in total. The highest BCUT2D eigenvalue weighted by atomic mass is 35.5. The van der Waals surface area contributed by atoms with E-state index in [9.17, 15) is 18.1 Å². The van der Waals surface area contributed by atoms with Crippen LogP contribution in [0, 0.1) is 17.1 Å². The number of nitriles is 1. The molecule has 0 atom stereocenters. The van der Waals surface area contributed by atoms with Gasteiger partial charge in [-0.05, 0) is 48.0 Å². The van der Waals surface area contributed by atoms with Crippen molar-refractivity contribution in [2.24, 2.45) is 0 Å². The fraction of sp³-hybridized carbons (Fsp3) is 0.0870. The van der Waals surface area contributed by atoms with Crippen molar-refractivity contribution >= 4 is 27.5 Å². The van der Waals surface area contributed by atoms with Crippen molar-refractivity contribution in [1.82, 2.24) is 0 Å². The molecule has 0 spiro atoms. The van der Waals surface area contributed by atoms with E-state index < -0.39 is 15.7 Å². The predicted molar refractivity (Wildman–Crippen MR) is 116 cm³/mol. The molecule has 0 aliphatic carbocycles. The molecule has 0 saturated heterocycles. The molecule has 3 rings (SSSR count). The van der Waals surface area contributed by atoms with E-state index in [1.807, 2.05) is 0 Å². The maximum Gasteiger partial charge on any atom is 0.216 e. The topological polar surface area (TPSA) is 76.4 Å². The maximum atomic E-state index is 13.3. The maximum absolute atomic E-state index is 13.3. The minimum Gasteiger partial charge on any atom is -0.496 e. The second-order valence-electron chi connectivity index (χ2n) is 6.37. The van der Waals surface area contributed by atoms with Crippen LogP contribution in [0.5, 0.6) is 11.5 Å². The Morgan fingerprint density at radius 3 is 2.52 bits per heavy atom. The number of hydrogen-bond donors (Lipinski definition) is 0. The molecule has 0 unspecified atom stereocenters. The van der Waals surface area contributed by atoms with Gasteiger partial charge >= 0.3 is 0 Å². The first-order valence-electron chi connectivity index (χ1n) is 9.02. The fourth-order valence-electron chi connectivity index (χ4n) is 2.78. The van der Waals surface area contributed by atoms with Crippen LogP contribution in [0.3, 0.4) is 0 Å². The lowest BCUT2D eigenvalue weighted by atomic mass is 10.1. The first-order chi connectivity index (χ1) is 14.8. The molecule has 8 heteroatoms. The van der Waals surface area contributed by atoms with Crippen LogP contribution in [0.4, 0.5) is 4.39 Å². The molecule has 0 aliphatic heterocycles. The summed E-state index contributed by atoms with van der Waals surface area (Å²) in [5.74, 6) is 0.316. The molecule has 0 aromatic heterocycles. The average molecular weight is 458 g/mol. The lowest BCUT2D eigenvalue weighted by Gasteiger charge is -2.12. The summed E-state index contributed by atoms with van der Waals surface area (Å²) in [5, 5.41) is 9.40. The molecule has 0 fully saturated rings. The van der Waals surface area contributed by atoms with E-state index in [0.717, 1.165) is 0 Å². The highest BCUT2D eigenvalue weighted by Gasteiger charge is 2.20. The number of rotatable bonds is 7. The smallest absolute Gasteiger partial charge is 0.216 e. The second kappa shape index (κ2) is 9.65. The van der Waals surface area contributed by atoms with Gasteiger partial charge in [-0.1, -0.05) is 35.9 Å². The highest BCUT2D eigenvalue weighted by Crippen LogP contribution is 2.27. The third kappa shape index (κ3) is 5.23. The fourth-order valence-corrected chi connectivity index (χ4v) is 4.13. The number of hydrogen-bond acceptors (Lipinski definition) is 5. The van der Waals surface area contributed by atoms with E-state index >= 15 is 0 Å². The van der Waals surface area contributed by atoms with Crippen molar-refractivity contribution in [3.63, 3.8) is 0 Å². The van der Waals surface area contributed by atoms with E-state index in [-0.39, 0.29) is 21.4 Å². The van der Waals surface area contributed by atoms with Crippen LogP contribution in [-0.2, 0) is 16.4 Å². The molecule has 0 N–H and O–H groups in total. The Bertz CT molecular complexity index is 1270. The van der Waals surface area contributed by atoms with E-state index in [0.29, 0.717) is 22.6 Å². The van der Waals surface area contributed by atoms with Gasteiger partial charge in [-0.3, -0.25) is 0 Å². The third-order valence-corrected chi connectivity index (χ3v) is 6.31. The number of allylic oxidation sites excluding steroid dienone is 1. The number of nitrogens with zero attached hydrogens (tertiary/aromatic N) is 1. The van der Waals surface area contributed by atoms with E-state index in [2.05, 4.69) is 0 Å². The molecule has 0 amide bonds. The van der Waals surface area contributed by atoms with Gasteiger partial charge < -0.3 is 9.47 Å². The zero-order chi connectivity index (χ0) is 22.4. The number of methoxy groups -OCH3 is 1. The summed E-state index contributed by atoms with van der Waals surface area (Å²) >= 11 is 5.77. The van der Waals surface area contributed by atoms with Crippen LogP contribution < -0.4 is 9.47 Å². The quantitative estimate of drug-likeness (QED) is 0.443. The first kappa shape index (κ1) is 22.3. The number of sulfone groups is 1. The van der Waals surface area contributed by atoms with E-state index in [1.165, 1.54) is 43.5 Å². The van der Waals surface area contributed by atoms with Gasteiger partial charge in [0.05, 0.1) is 17.0 Å². The van der Waals surface area contributed by atoms with Crippen molar-refractivity contribution in [3.05, 3.63) is 93.6 Å². The second-order valence-corrected chi connectivity index (χ2v) is 8.70. The van der Waals surface area contributed by atoms with Crippen LogP contribution in [0.15, 0.2) is 76.5 Å². The molecule has 0 radical (unpaired) electrons. The minimum atomic E-state index is -3.95. The molecule has 3 aromatic rings. The molecule has 158 valence electrons. The van der Waals surface area contributed by atoms with Gasteiger partial charge in [0.1, 0.15) is 34.9 Å². The molecular formula is C23H17ClFNO4S. The van der Waals surface area contributed by atoms with Crippen molar-refractivity contribution in [2.75, 3.05) is 7.11 Å². The Hall–Kier alpha value is -3.34. The van der Waals surface area contributed by atoms with Gasteiger partial charge in [0, 0.05) is 11.6 Å². The van der Waals surface area contributed by atoms with Crippen molar-refractivity contribution in [1.29, 1.82) is 5.26 Å². The normalized spacial score (nSPS) is 11.6. The van der Waals surface area contributed by atoms with Crippen LogP contribution in [0.25, 0.3) is 6.08 Å². The summed E-state index contributed by atoms with van der Waals surface area (Å²) in [6.45, 7) is 0.0557. The van der Waals surface area contributed by atoms with Crippen LogP contribution >= 0.6 is 11.6 Å². The third-order valence-electron chi connectivity index (χ3n) is 4.34. The van der Waals surface area contributed by atoms with Crippen molar-refractivity contribution in [3.8, 4) is 17.6 Å². The van der Waals surface area contributed by atoms with E-state index in [4.69, 9.17) is 21.1 Å². The molecule has 0 heterocycles. The van der Waals surface area contributed by atoms with Gasteiger partial charge in [0.25, 0.3) is 0 Å². The summed E-state index contributed by atoms with van der Waals surface area (Å²) in [4.78, 5) is -0.353. The number of halogens is 2.